The zero-order valence-corrected chi connectivity index (χ0v) is 11.7. The second kappa shape index (κ2) is 5.15. The average molecular weight is 272 g/mol. The molecule has 0 aliphatic heterocycles. The normalized spacial score (nSPS) is 14.7. The van der Waals surface area contributed by atoms with E-state index in [0.29, 0.717) is 12.5 Å². The molecule has 0 radical (unpaired) electrons. The predicted molar refractivity (Wildman–Crippen MR) is 79.3 cm³/mol. The highest BCUT2D eigenvalue weighted by molar-refractivity contribution is 5.79. The molecule has 1 aliphatic carbocycles. The van der Waals surface area contributed by atoms with Gasteiger partial charge in [0.2, 0.25) is 5.91 Å². The van der Waals surface area contributed by atoms with Gasteiger partial charge in [-0.25, -0.2) is 4.98 Å². The molecule has 1 saturated carbocycles. The van der Waals surface area contributed by atoms with Crippen LogP contribution in [0.15, 0.2) is 18.2 Å². The van der Waals surface area contributed by atoms with Crippen LogP contribution in [0.3, 0.4) is 0 Å². The Kier molecular flexibility index (Phi) is 3.34. The van der Waals surface area contributed by atoms with Crippen molar-refractivity contribution in [1.82, 2.24) is 14.9 Å². The number of hydrogen-bond donors (Lipinski definition) is 2. The Morgan fingerprint density at radius 3 is 3.05 bits per heavy atom. The number of nitrogen functional groups attached to an aromatic ring is 1. The van der Waals surface area contributed by atoms with Gasteiger partial charge in [0.25, 0.3) is 0 Å². The standard InChI is InChI=1S/C15H20N4O/c1-10-17-13-9-11(16)4-7-14(13)19(10)8-2-3-15(20)18-12-5-6-12/h4,7,9,12H,2-3,5-6,8,16H2,1H3,(H,18,20). The molecule has 1 aromatic carbocycles. The Labute approximate surface area is 118 Å². The molecular weight excluding hydrogens is 252 g/mol. The summed E-state index contributed by atoms with van der Waals surface area (Å²) in [6, 6.07) is 6.22. The zero-order valence-electron chi connectivity index (χ0n) is 11.7. The van der Waals surface area contributed by atoms with Crippen molar-refractivity contribution in [1.29, 1.82) is 0 Å². The molecule has 106 valence electrons. The molecule has 0 bridgehead atoms. The van der Waals surface area contributed by atoms with E-state index in [-0.39, 0.29) is 5.91 Å². The molecule has 1 heterocycles. The number of carbonyl (C=O) groups excluding carboxylic acids is 1. The van der Waals surface area contributed by atoms with Gasteiger partial charge in [-0.1, -0.05) is 0 Å². The van der Waals surface area contributed by atoms with Crippen molar-refractivity contribution in [3.8, 4) is 0 Å². The lowest BCUT2D eigenvalue weighted by Gasteiger charge is -2.07. The average Bonchev–Trinajstić information content (AvgIpc) is 3.14. The maximum absolute atomic E-state index is 11.7. The summed E-state index contributed by atoms with van der Waals surface area (Å²) < 4.78 is 2.15. The van der Waals surface area contributed by atoms with E-state index in [1.54, 1.807) is 0 Å². The third kappa shape index (κ3) is 2.76. The zero-order chi connectivity index (χ0) is 14.1. The summed E-state index contributed by atoms with van der Waals surface area (Å²) in [5, 5.41) is 3.01. The summed E-state index contributed by atoms with van der Waals surface area (Å²) in [7, 11) is 0. The van der Waals surface area contributed by atoms with Gasteiger partial charge >= 0.3 is 0 Å². The van der Waals surface area contributed by atoms with E-state index in [2.05, 4.69) is 14.9 Å². The largest absolute Gasteiger partial charge is 0.399 e. The smallest absolute Gasteiger partial charge is 0.220 e. The van der Waals surface area contributed by atoms with Crippen LogP contribution in [-0.2, 0) is 11.3 Å². The molecule has 0 atom stereocenters. The van der Waals surface area contributed by atoms with Crippen molar-refractivity contribution in [3.63, 3.8) is 0 Å². The number of hydrogen-bond acceptors (Lipinski definition) is 3. The highest BCUT2D eigenvalue weighted by Crippen LogP contribution is 2.20. The van der Waals surface area contributed by atoms with Gasteiger partial charge in [-0.15, -0.1) is 0 Å². The number of benzene rings is 1. The Bertz CT molecular complexity index is 643. The SMILES string of the molecule is Cc1nc2cc(N)ccc2n1CCCC(=O)NC1CC1. The second-order valence-electron chi connectivity index (χ2n) is 5.50. The lowest BCUT2D eigenvalue weighted by atomic mass is 10.2. The number of anilines is 1. The summed E-state index contributed by atoms with van der Waals surface area (Å²) in [5.74, 6) is 1.13. The van der Waals surface area contributed by atoms with Crippen molar-refractivity contribution in [2.24, 2.45) is 0 Å². The molecule has 3 N–H and O–H groups in total. The first-order chi connectivity index (χ1) is 9.63. The van der Waals surface area contributed by atoms with Crippen molar-refractivity contribution < 1.29 is 4.79 Å². The van der Waals surface area contributed by atoms with E-state index in [4.69, 9.17) is 5.73 Å². The van der Waals surface area contributed by atoms with Gasteiger partial charge in [0, 0.05) is 24.7 Å². The third-order valence-corrected chi connectivity index (χ3v) is 3.69. The summed E-state index contributed by atoms with van der Waals surface area (Å²) in [6.07, 6.45) is 3.68. The molecule has 3 rings (SSSR count). The summed E-state index contributed by atoms with van der Waals surface area (Å²) >= 11 is 0. The topological polar surface area (TPSA) is 72.9 Å². The molecule has 2 aromatic rings. The predicted octanol–water partition coefficient (Wildman–Crippen LogP) is 1.99. The lowest BCUT2D eigenvalue weighted by molar-refractivity contribution is -0.121. The van der Waals surface area contributed by atoms with Crippen LogP contribution in [0.25, 0.3) is 11.0 Å². The fourth-order valence-corrected chi connectivity index (χ4v) is 2.47. The van der Waals surface area contributed by atoms with Gasteiger partial charge < -0.3 is 15.6 Å². The Hall–Kier alpha value is -2.04. The number of amides is 1. The van der Waals surface area contributed by atoms with Crippen molar-refractivity contribution >= 4 is 22.6 Å². The van der Waals surface area contributed by atoms with Crippen LogP contribution in [0.2, 0.25) is 0 Å². The third-order valence-electron chi connectivity index (χ3n) is 3.69. The van der Waals surface area contributed by atoms with Crippen LogP contribution >= 0.6 is 0 Å². The number of nitrogens with one attached hydrogen (secondary N) is 1. The van der Waals surface area contributed by atoms with Gasteiger partial charge in [-0.3, -0.25) is 4.79 Å². The first kappa shape index (κ1) is 13.0. The number of nitrogens with zero attached hydrogens (tertiary/aromatic N) is 2. The Balaban J connectivity index is 1.64. The minimum atomic E-state index is 0.166. The molecule has 1 fully saturated rings. The van der Waals surface area contributed by atoms with E-state index < -0.39 is 0 Å². The van der Waals surface area contributed by atoms with Gasteiger partial charge in [0.05, 0.1) is 11.0 Å². The Morgan fingerprint density at radius 1 is 1.50 bits per heavy atom. The van der Waals surface area contributed by atoms with Crippen LogP contribution in [0, 0.1) is 6.92 Å². The first-order valence-corrected chi connectivity index (χ1v) is 7.15. The second-order valence-corrected chi connectivity index (χ2v) is 5.50. The van der Waals surface area contributed by atoms with Crippen LogP contribution in [0.4, 0.5) is 5.69 Å². The number of nitrogens with two attached hydrogens (primary N) is 1. The minimum absolute atomic E-state index is 0.166. The van der Waals surface area contributed by atoms with E-state index >= 15 is 0 Å². The van der Waals surface area contributed by atoms with Crippen LogP contribution < -0.4 is 11.1 Å². The molecule has 0 spiro atoms. The maximum Gasteiger partial charge on any atom is 0.220 e. The van der Waals surface area contributed by atoms with E-state index in [0.717, 1.165) is 48.4 Å². The van der Waals surface area contributed by atoms with E-state index in [1.165, 1.54) is 0 Å². The summed E-state index contributed by atoms with van der Waals surface area (Å²) in [5.41, 5.74) is 8.50. The number of aryl methyl sites for hydroxylation is 2. The van der Waals surface area contributed by atoms with Crippen molar-refractivity contribution in [2.45, 2.75) is 45.2 Å². The molecule has 0 saturated heterocycles. The minimum Gasteiger partial charge on any atom is -0.399 e. The lowest BCUT2D eigenvalue weighted by Crippen LogP contribution is -2.25. The molecular formula is C15H20N4O. The van der Waals surface area contributed by atoms with Gasteiger partial charge in [0.15, 0.2) is 0 Å². The molecule has 5 heteroatoms. The van der Waals surface area contributed by atoms with Gasteiger partial charge in [-0.05, 0) is 44.4 Å². The quantitative estimate of drug-likeness (QED) is 0.817. The molecule has 5 nitrogen and oxygen atoms in total. The number of fused-ring (bicyclic) bond motifs is 1. The van der Waals surface area contributed by atoms with Crippen molar-refractivity contribution in [3.05, 3.63) is 24.0 Å². The maximum atomic E-state index is 11.7. The number of aromatic nitrogens is 2. The molecule has 20 heavy (non-hydrogen) atoms. The highest BCUT2D eigenvalue weighted by atomic mass is 16.1. The Morgan fingerprint density at radius 2 is 2.30 bits per heavy atom. The summed E-state index contributed by atoms with van der Waals surface area (Å²) in [4.78, 5) is 16.2. The van der Waals surface area contributed by atoms with E-state index in [1.807, 2.05) is 25.1 Å². The summed E-state index contributed by atoms with van der Waals surface area (Å²) in [6.45, 7) is 2.80. The first-order valence-electron chi connectivity index (χ1n) is 7.15. The molecule has 1 aromatic heterocycles. The fraction of sp³-hybridized carbons (Fsp3) is 0.467. The number of imidazole rings is 1. The monoisotopic (exact) mass is 272 g/mol. The van der Waals surface area contributed by atoms with Crippen molar-refractivity contribution in [2.75, 3.05) is 5.73 Å². The number of rotatable bonds is 5. The van der Waals surface area contributed by atoms with Crippen LogP contribution in [-0.4, -0.2) is 21.5 Å². The molecule has 1 aliphatic rings. The van der Waals surface area contributed by atoms with Crippen LogP contribution in [0.5, 0.6) is 0 Å². The molecule has 0 unspecified atom stereocenters. The van der Waals surface area contributed by atoms with Gasteiger partial charge in [-0.2, -0.15) is 0 Å². The highest BCUT2D eigenvalue weighted by Gasteiger charge is 2.22. The van der Waals surface area contributed by atoms with E-state index in [9.17, 15) is 4.79 Å². The number of carbonyl (C=O) groups is 1. The fourth-order valence-electron chi connectivity index (χ4n) is 2.47. The van der Waals surface area contributed by atoms with Gasteiger partial charge in [0.1, 0.15) is 5.82 Å². The molecule has 1 amide bonds. The van der Waals surface area contributed by atoms with Crippen LogP contribution in [0.1, 0.15) is 31.5 Å².